The molecule has 0 saturated carbocycles. The van der Waals surface area contributed by atoms with Gasteiger partial charge >= 0.3 is 0 Å². The zero-order valence-corrected chi connectivity index (χ0v) is 30.6. The Morgan fingerprint density at radius 1 is 0.268 bits per heavy atom. The highest BCUT2D eigenvalue weighted by Gasteiger charge is 2.21. The first-order chi connectivity index (χ1) is 27.8. The molecule has 2 heteroatoms. The molecule has 0 saturated heterocycles. The van der Waals surface area contributed by atoms with Crippen LogP contribution in [0, 0.1) is 0 Å². The van der Waals surface area contributed by atoms with Crippen molar-refractivity contribution >= 4 is 43.7 Å². The Bertz CT molecular complexity index is 3130. The maximum atomic E-state index is 6.92. The van der Waals surface area contributed by atoms with Crippen LogP contribution in [0.25, 0.3) is 105 Å². The standard InChI is InChI=1S/C54H35NO/c1-4-16-36(17-5-1)39-30-32-51-48(34-39)49-35-40(37-18-6-2-7-19-37)31-33-52(49)55(51)50-29-13-12-24-44(50)42-22-10-11-23-43(42)45-26-15-28-47-46-27-14-25-41(53(46)56-54(45)47)38-20-8-3-9-21-38/h1-35H. The van der Waals surface area contributed by atoms with E-state index in [0.717, 1.165) is 61.0 Å². The van der Waals surface area contributed by atoms with Gasteiger partial charge in [-0.2, -0.15) is 0 Å². The van der Waals surface area contributed by atoms with Crippen LogP contribution >= 0.6 is 0 Å². The summed E-state index contributed by atoms with van der Waals surface area (Å²) in [5.74, 6) is 0. The van der Waals surface area contributed by atoms with Crippen molar-refractivity contribution in [2.45, 2.75) is 0 Å². The highest BCUT2D eigenvalue weighted by atomic mass is 16.3. The molecule has 0 aliphatic carbocycles. The average molecular weight is 714 g/mol. The van der Waals surface area contributed by atoms with Crippen molar-refractivity contribution in [1.29, 1.82) is 0 Å². The van der Waals surface area contributed by atoms with Crippen LogP contribution < -0.4 is 0 Å². The number of hydrogen-bond donors (Lipinski definition) is 0. The maximum Gasteiger partial charge on any atom is 0.143 e. The van der Waals surface area contributed by atoms with Gasteiger partial charge in [0.1, 0.15) is 11.2 Å². The van der Waals surface area contributed by atoms with E-state index in [1.807, 2.05) is 0 Å². The lowest BCUT2D eigenvalue weighted by molar-refractivity contribution is 0.671. The quantitative estimate of drug-likeness (QED) is 0.168. The molecule has 0 bridgehead atoms. The van der Waals surface area contributed by atoms with Crippen LogP contribution in [0.3, 0.4) is 0 Å². The molecule has 0 spiro atoms. The molecule has 9 aromatic carbocycles. The van der Waals surface area contributed by atoms with Gasteiger partial charge in [-0.3, -0.25) is 0 Å². The van der Waals surface area contributed by atoms with Crippen molar-refractivity contribution in [1.82, 2.24) is 4.57 Å². The molecule has 0 N–H and O–H groups in total. The average Bonchev–Trinajstić information content (AvgIpc) is 3.83. The lowest BCUT2D eigenvalue weighted by Crippen LogP contribution is -1.98. The van der Waals surface area contributed by atoms with E-state index in [1.54, 1.807) is 0 Å². The van der Waals surface area contributed by atoms with E-state index in [1.165, 1.54) is 44.1 Å². The Morgan fingerprint density at radius 2 is 0.696 bits per heavy atom. The van der Waals surface area contributed by atoms with E-state index in [0.29, 0.717) is 0 Å². The van der Waals surface area contributed by atoms with Crippen LogP contribution in [-0.4, -0.2) is 4.57 Å². The first-order valence-corrected chi connectivity index (χ1v) is 19.2. The highest BCUT2D eigenvalue weighted by Crippen LogP contribution is 2.45. The fourth-order valence-corrected chi connectivity index (χ4v) is 8.63. The van der Waals surface area contributed by atoms with Gasteiger partial charge in [0, 0.05) is 38.2 Å². The van der Waals surface area contributed by atoms with Crippen molar-refractivity contribution in [3.63, 3.8) is 0 Å². The number of fused-ring (bicyclic) bond motifs is 6. The normalized spacial score (nSPS) is 11.6. The molecule has 0 radical (unpaired) electrons. The van der Waals surface area contributed by atoms with Gasteiger partial charge in [0.2, 0.25) is 0 Å². The lowest BCUT2D eigenvalue weighted by atomic mass is 9.92. The summed E-state index contributed by atoms with van der Waals surface area (Å²) >= 11 is 0. The van der Waals surface area contributed by atoms with Crippen LogP contribution in [0.4, 0.5) is 0 Å². The molecule has 0 amide bonds. The number of nitrogens with zero attached hydrogens (tertiary/aromatic N) is 1. The van der Waals surface area contributed by atoms with Gasteiger partial charge in [-0.25, -0.2) is 0 Å². The molecule has 0 fully saturated rings. The molecule has 11 rings (SSSR count). The molecular formula is C54H35NO. The molecule has 56 heavy (non-hydrogen) atoms. The van der Waals surface area contributed by atoms with Gasteiger partial charge in [-0.1, -0.05) is 182 Å². The lowest BCUT2D eigenvalue weighted by Gasteiger charge is -2.17. The summed E-state index contributed by atoms with van der Waals surface area (Å²) in [5.41, 5.74) is 16.8. The van der Waals surface area contributed by atoms with E-state index in [9.17, 15) is 0 Å². The van der Waals surface area contributed by atoms with Crippen LogP contribution in [-0.2, 0) is 0 Å². The zero-order chi connectivity index (χ0) is 37.0. The number of hydrogen-bond acceptors (Lipinski definition) is 1. The molecule has 0 unspecified atom stereocenters. The molecule has 0 aliphatic rings. The van der Waals surface area contributed by atoms with Crippen molar-refractivity contribution < 1.29 is 4.42 Å². The predicted octanol–water partition coefficient (Wildman–Crippen LogP) is 15.0. The first-order valence-electron chi connectivity index (χ1n) is 19.2. The first kappa shape index (κ1) is 32.0. The second kappa shape index (κ2) is 13.2. The fourth-order valence-electron chi connectivity index (χ4n) is 8.63. The third-order valence-corrected chi connectivity index (χ3v) is 11.2. The largest absolute Gasteiger partial charge is 0.455 e. The van der Waals surface area contributed by atoms with Crippen molar-refractivity contribution in [3.8, 4) is 61.3 Å². The van der Waals surface area contributed by atoms with Crippen molar-refractivity contribution in [3.05, 3.63) is 212 Å². The van der Waals surface area contributed by atoms with Crippen LogP contribution in [0.1, 0.15) is 0 Å². The molecule has 262 valence electrons. The zero-order valence-electron chi connectivity index (χ0n) is 30.6. The molecule has 2 nitrogen and oxygen atoms in total. The summed E-state index contributed by atoms with van der Waals surface area (Å²) in [4.78, 5) is 0. The number of furan rings is 1. The van der Waals surface area contributed by atoms with Gasteiger partial charge in [-0.15, -0.1) is 0 Å². The molecule has 0 atom stereocenters. The summed E-state index contributed by atoms with van der Waals surface area (Å²) in [7, 11) is 0. The number of rotatable bonds is 6. The Morgan fingerprint density at radius 3 is 1.27 bits per heavy atom. The smallest absolute Gasteiger partial charge is 0.143 e. The number of aromatic nitrogens is 1. The molecule has 0 aliphatic heterocycles. The van der Waals surface area contributed by atoms with Gasteiger partial charge in [0.05, 0.1) is 16.7 Å². The minimum atomic E-state index is 0.898. The van der Waals surface area contributed by atoms with Crippen LogP contribution in [0.2, 0.25) is 0 Å². The van der Waals surface area contributed by atoms with Gasteiger partial charge in [-0.05, 0) is 69.3 Å². The molecule has 2 aromatic heterocycles. The Balaban J connectivity index is 1.14. The second-order valence-electron chi connectivity index (χ2n) is 14.4. The summed E-state index contributed by atoms with van der Waals surface area (Å²) in [6.45, 7) is 0. The third-order valence-electron chi connectivity index (χ3n) is 11.2. The Kier molecular flexibility index (Phi) is 7.53. The van der Waals surface area contributed by atoms with Gasteiger partial charge < -0.3 is 8.98 Å². The van der Waals surface area contributed by atoms with Crippen LogP contribution in [0.5, 0.6) is 0 Å². The Hall–Kier alpha value is -7.42. The highest BCUT2D eigenvalue weighted by molar-refractivity contribution is 6.15. The summed E-state index contributed by atoms with van der Waals surface area (Å²) < 4.78 is 9.37. The maximum absolute atomic E-state index is 6.92. The van der Waals surface area contributed by atoms with E-state index < -0.39 is 0 Å². The second-order valence-corrected chi connectivity index (χ2v) is 14.4. The summed E-state index contributed by atoms with van der Waals surface area (Å²) in [5, 5.41) is 4.69. The van der Waals surface area contributed by atoms with Crippen LogP contribution in [0.15, 0.2) is 217 Å². The van der Waals surface area contributed by atoms with E-state index in [-0.39, 0.29) is 0 Å². The van der Waals surface area contributed by atoms with E-state index >= 15 is 0 Å². The monoisotopic (exact) mass is 713 g/mol. The number of para-hydroxylation sites is 3. The molecule has 2 heterocycles. The molecular weight excluding hydrogens is 679 g/mol. The minimum absolute atomic E-state index is 0.898. The third kappa shape index (κ3) is 5.19. The van der Waals surface area contributed by atoms with Gasteiger partial charge in [0.15, 0.2) is 0 Å². The minimum Gasteiger partial charge on any atom is -0.455 e. The molecule has 11 aromatic rings. The van der Waals surface area contributed by atoms with Crippen molar-refractivity contribution in [2.75, 3.05) is 0 Å². The van der Waals surface area contributed by atoms with E-state index in [2.05, 4.69) is 217 Å². The summed E-state index contributed by atoms with van der Waals surface area (Å²) in [6, 6.07) is 76.3. The summed E-state index contributed by atoms with van der Waals surface area (Å²) in [6.07, 6.45) is 0. The topological polar surface area (TPSA) is 18.1 Å². The van der Waals surface area contributed by atoms with Gasteiger partial charge in [0.25, 0.3) is 0 Å². The SMILES string of the molecule is c1ccc(-c2ccc3c(c2)c2cc(-c4ccccc4)ccc2n3-c2ccccc2-c2ccccc2-c2cccc3c2oc2c(-c4ccccc4)cccc23)cc1. The van der Waals surface area contributed by atoms with E-state index in [4.69, 9.17) is 4.42 Å². The Labute approximate surface area is 325 Å². The fraction of sp³-hybridized carbons (Fsp3) is 0. The number of benzene rings is 9. The predicted molar refractivity (Wildman–Crippen MR) is 235 cm³/mol. The van der Waals surface area contributed by atoms with Crippen molar-refractivity contribution in [2.24, 2.45) is 0 Å².